The van der Waals surface area contributed by atoms with Gasteiger partial charge in [-0.15, -0.1) is 0 Å². The van der Waals surface area contributed by atoms with Gasteiger partial charge in [0.15, 0.2) is 0 Å². The summed E-state index contributed by atoms with van der Waals surface area (Å²) in [5, 5.41) is 7.34. The van der Waals surface area contributed by atoms with Gasteiger partial charge in [0.25, 0.3) is 5.56 Å². The van der Waals surface area contributed by atoms with E-state index in [2.05, 4.69) is 15.2 Å². The van der Waals surface area contributed by atoms with Crippen molar-refractivity contribution >= 4 is 11.6 Å². The fourth-order valence-electron chi connectivity index (χ4n) is 2.33. The average molecular weight is 283 g/mol. The number of benzene rings is 1. The highest BCUT2D eigenvalue weighted by molar-refractivity contribution is 5.74. The standard InChI is InChI=1S/C16H17N3O2/c1-9(2)21-16-12(15(20)18-19-16)8-14-10(3)11-6-4-5-7-13(11)17-14/h4-9H,1-3H3,(H2,18,19,20). The Hall–Kier alpha value is -2.56. The van der Waals surface area contributed by atoms with E-state index < -0.39 is 0 Å². The first-order valence-electron chi connectivity index (χ1n) is 6.90. The molecule has 1 aromatic heterocycles. The Kier molecular flexibility index (Phi) is 3.25. The summed E-state index contributed by atoms with van der Waals surface area (Å²) in [5.74, 6) is 0.446. The highest BCUT2D eigenvalue weighted by atomic mass is 16.5. The second-order valence-corrected chi connectivity index (χ2v) is 5.27. The Labute approximate surface area is 121 Å². The van der Waals surface area contributed by atoms with E-state index in [1.807, 2.05) is 45.0 Å². The number of allylic oxidation sites excluding steroid dienone is 1. The molecule has 0 aliphatic carbocycles. The van der Waals surface area contributed by atoms with Crippen LogP contribution in [-0.4, -0.2) is 16.3 Å². The average Bonchev–Trinajstić information content (AvgIpc) is 2.94. The predicted molar refractivity (Wildman–Crippen MR) is 81.5 cm³/mol. The van der Waals surface area contributed by atoms with Crippen molar-refractivity contribution in [2.75, 3.05) is 0 Å². The van der Waals surface area contributed by atoms with Crippen LogP contribution in [0.1, 0.15) is 26.3 Å². The van der Waals surface area contributed by atoms with Crippen molar-refractivity contribution in [2.45, 2.75) is 26.9 Å². The van der Waals surface area contributed by atoms with Gasteiger partial charge in [-0.3, -0.25) is 15.0 Å². The van der Waals surface area contributed by atoms with Crippen molar-refractivity contribution in [1.29, 1.82) is 0 Å². The maximum atomic E-state index is 11.9. The van der Waals surface area contributed by atoms with Gasteiger partial charge < -0.3 is 4.74 Å². The Balaban J connectivity index is 2.11. The summed E-state index contributed by atoms with van der Waals surface area (Å²) >= 11 is 0. The van der Waals surface area contributed by atoms with Crippen LogP contribution < -0.4 is 20.9 Å². The molecule has 0 radical (unpaired) electrons. The van der Waals surface area contributed by atoms with Gasteiger partial charge in [0.05, 0.1) is 17.2 Å². The van der Waals surface area contributed by atoms with Crippen molar-refractivity contribution in [2.24, 2.45) is 4.99 Å². The molecule has 0 fully saturated rings. The van der Waals surface area contributed by atoms with Crippen molar-refractivity contribution in [3.63, 3.8) is 0 Å². The van der Waals surface area contributed by atoms with E-state index >= 15 is 0 Å². The number of aromatic amines is 2. The van der Waals surface area contributed by atoms with Crippen LogP contribution in [0.3, 0.4) is 0 Å². The van der Waals surface area contributed by atoms with E-state index in [0.29, 0.717) is 11.4 Å². The van der Waals surface area contributed by atoms with Gasteiger partial charge in [0, 0.05) is 5.22 Å². The van der Waals surface area contributed by atoms with E-state index in [9.17, 15) is 4.79 Å². The molecule has 0 unspecified atom stereocenters. The van der Waals surface area contributed by atoms with Crippen molar-refractivity contribution in [3.05, 3.63) is 56.5 Å². The number of hydrogen-bond acceptors (Lipinski definition) is 3. The van der Waals surface area contributed by atoms with E-state index in [4.69, 9.17) is 4.74 Å². The lowest BCUT2D eigenvalue weighted by Gasteiger charge is -2.07. The van der Waals surface area contributed by atoms with Crippen molar-refractivity contribution in [1.82, 2.24) is 10.2 Å². The molecule has 1 aliphatic heterocycles. The van der Waals surface area contributed by atoms with Crippen LogP contribution in [0, 0.1) is 0 Å². The third-order valence-electron chi connectivity index (χ3n) is 3.35. The minimum Gasteiger partial charge on any atom is -0.475 e. The smallest absolute Gasteiger partial charge is 0.275 e. The zero-order valence-electron chi connectivity index (χ0n) is 12.2. The Morgan fingerprint density at radius 1 is 1.24 bits per heavy atom. The van der Waals surface area contributed by atoms with Crippen LogP contribution in [0.15, 0.2) is 39.7 Å². The normalized spacial score (nSPS) is 15.4. The first-order chi connectivity index (χ1) is 10.1. The van der Waals surface area contributed by atoms with Crippen LogP contribution >= 0.6 is 0 Å². The second-order valence-electron chi connectivity index (χ2n) is 5.27. The molecule has 0 atom stereocenters. The molecule has 0 saturated carbocycles. The zero-order valence-corrected chi connectivity index (χ0v) is 12.2. The zero-order chi connectivity index (χ0) is 15.0. The van der Waals surface area contributed by atoms with Crippen molar-refractivity contribution < 1.29 is 4.74 Å². The molecule has 21 heavy (non-hydrogen) atoms. The molecule has 3 rings (SSSR count). The number of H-pyrrole nitrogens is 2. The number of nitrogens with zero attached hydrogens (tertiary/aromatic N) is 1. The summed E-state index contributed by atoms with van der Waals surface area (Å²) < 4.78 is 5.61. The highest BCUT2D eigenvalue weighted by Crippen LogP contribution is 2.20. The van der Waals surface area contributed by atoms with Crippen LogP contribution in [0.5, 0.6) is 5.88 Å². The molecule has 2 aromatic rings. The van der Waals surface area contributed by atoms with Gasteiger partial charge in [0.1, 0.15) is 5.56 Å². The Bertz CT molecular complexity index is 885. The number of nitrogens with one attached hydrogen (secondary N) is 2. The fraction of sp³-hybridized carbons (Fsp3) is 0.250. The molecule has 0 amide bonds. The number of fused-ring (bicyclic) bond motifs is 1. The maximum absolute atomic E-state index is 11.9. The third kappa shape index (κ3) is 2.42. The molecular weight excluding hydrogens is 266 g/mol. The van der Waals surface area contributed by atoms with Gasteiger partial charge in [0.2, 0.25) is 5.88 Å². The topological polar surface area (TPSA) is 70.2 Å². The monoisotopic (exact) mass is 283 g/mol. The number of aromatic nitrogens is 2. The molecular formula is C16H17N3O2. The summed E-state index contributed by atoms with van der Waals surface area (Å²) in [7, 11) is 0. The summed E-state index contributed by atoms with van der Waals surface area (Å²) in [6, 6.07) is 7.93. The SMILES string of the molecule is CC1=c2ccccc2=NC1=Cc1c(OC(C)C)[nH][nH]c1=O. The Morgan fingerprint density at radius 2 is 2.00 bits per heavy atom. The molecule has 108 valence electrons. The summed E-state index contributed by atoms with van der Waals surface area (Å²) in [6.07, 6.45) is 1.75. The predicted octanol–water partition coefficient (Wildman–Crippen LogP) is 1.34. The number of hydrogen-bond donors (Lipinski definition) is 2. The van der Waals surface area contributed by atoms with Gasteiger partial charge >= 0.3 is 0 Å². The number of para-hydroxylation sites is 1. The van der Waals surface area contributed by atoms with E-state index in [0.717, 1.165) is 21.8 Å². The highest BCUT2D eigenvalue weighted by Gasteiger charge is 2.14. The number of ether oxygens (including phenoxy) is 1. The van der Waals surface area contributed by atoms with Gasteiger partial charge in [-0.2, -0.15) is 0 Å². The largest absolute Gasteiger partial charge is 0.475 e. The molecule has 2 heterocycles. The summed E-state index contributed by atoms with van der Waals surface area (Å²) in [4.78, 5) is 16.5. The van der Waals surface area contributed by atoms with Crippen LogP contribution in [0.2, 0.25) is 0 Å². The lowest BCUT2D eigenvalue weighted by atomic mass is 10.1. The molecule has 1 aliphatic rings. The van der Waals surface area contributed by atoms with Gasteiger partial charge in [-0.1, -0.05) is 18.2 Å². The van der Waals surface area contributed by atoms with Crippen molar-refractivity contribution in [3.8, 4) is 5.88 Å². The van der Waals surface area contributed by atoms with E-state index in [1.165, 1.54) is 0 Å². The first-order valence-corrected chi connectivity index (χ1v) is 6.90. The quantitative estimate of drug-likeness (QED) is 0.892. The lowest BCUT2D eigenvalue weighted by Crippen LogP contribution is -2.21. The van der Waals surface area contributed by atoms with Crippen LogP contribution in [0.25, 0.3) is 11.6 Å². The Morgan fingerprint density at radius 3 is 2.71 bits per heavy atom. The molecule has 2 N–H and O–H groups in total. The minimum atomic E-state index is -0.211. The molecule has 0 saturated heterocycles. The summed E-state index contributed by atoms with van der Waals surface area (Å²) in [5.41, 5.74) is 2.10. The minimum absolute atomic E-state index is 0.0172. The summed E-state index contributed by atoms with van der Waals surface area (Å²) in [6.45, 7) is 5.83. The molecule has 5 heteroatoms. The lowest BCUT2D eigenvalue weighted by molar-refractivity contribution is 0.232. The van der Waals surface area contributed by atoms with Crippen LogP contribution in [0.4, 0.5) is 0 Å². The van der Waals surface area contributed by atoms with Gasteiger partial charge in [-0.25, -0.2) is 4.99 Å². The third-order valence-corrected chi connectivity index (χ3v) is 3.35. The number of rotatable bonds is 3. The van der Waals surface area contributed by atoms with E-state index in [-0.39, 0.29) is 11.7 Å². The molecule has 0 bridgehead atoms. The van der Waals surface area contributed by atoms with E-state index in [1.54, 1.807) is 6.08 Å². The second kappa shape index (κ2) is 5.09. The van der Waals surface area contributed by atoms with Crippen LogP contribution in [-0.2, 0) is 0 Å². The first kappa shape index (κ1) is 13.4. The maximum Gasteiger partial charge on any atom is 0.275 e. The molecule has 0 spiro atoms. The fourth-order valence-corrected chi connectivity index (χ4v) is 2.33. The molecule has 5 nitrogen and oxygen atoms in total. The van der Waals surface area contributed by atoms with Gasteiger partial charge in [-0.05, 0) is 38.5 Å². The molecule has 1 aromatic carbocycles.